The van der Waals surface area contributed by atoms with Crippen LogP contribution in [0.1, 0.15) is 26.8 Å². The number of methoxy groups -OCH3 is 1. The van der Waals surface area contributed by atoms with Crippen molar-refractivity contribution in [2.45, 2.75) is 12.5 Å². The van der Waals surface area contributed by atoms with Gasteiger partial charge in [-0.15, -0.1) is 11.3 Å². The van der Waals surface area contributed by atoms with Gasteiger partial charge < -0.3 is 24.8 Å². The van der Waals surface area contributed by atoms with Gasteiger partial charge in [-0.3, -0.25) is 9.59 Å². The molecule has 172 valence electrons. The number of Topliss-reactive ketones (excluding diaryl/α,β-unsaturated/α-hetero) is 1. The average Bonchev–Trinajstić information content (AvgIpc) is 3.58. The molecule has 3 heterocycles. The van der Waals surface area contributed by atoms with Gasteiger partial charge >= 0.3 is 0 Å². The Hall–Kier alpha value is -4.04. The van der Waals surface area contributed by atoms with Crippen LogP contribution in [0, 0.1) is 0 Å². The van der Waals surface area contributed by atoms with Crippen molar-refractivity contribution >= 4 is 33.9 Å². The first-order chi connectivity index (χ1) is 16.5. The Kier molecular flexibility index (Phi) is 5.59. The van der Waals surface area contributed by atoms with E-state index in [9.17, 15) is 19.8 Å². The third kappa shape index (κ3) is 3.72. The van der Waals surface area contributed by atoms with Crippen molar-refractivity contribution in [3.8, 4) is 11.5 Å². The summed E-state index contributed by atoms with van der Waals surface area (Å²) in [5, 5.41) is 23.3. The van der Waals surface area contributed by atoms with E-state index in [2.05, 4.69) is 4.98 Å². The van der Waals surface area contributed by atoms with E-state index < -0.39 is 17.7 Å². The summed E-state index contributed by atoms with van der Waals surface area (Å²) in [7, 11) is 1.61. The van der Waals surface area contributed by atoms with E-state index in [1.165, 1.54) is 28.4 Å². The highest BCUT2D eigenvalue weighted by atomic mass is 32.1. The minimum atomic E-state index is -0.762. The van der Waals surface area contributed by atoms with E-state index in [0.29, 0.717) is 16.9 Å². The third-order valence-corrected chi connectivity index (χ3v) is 6.97. The van der Waals surface area contributed by atoms with Gasteiger partial charge in [-0.2, -0.15) is 0 Å². The second kappa shape index (κ2) is 8.72. The zero-order chi connectivity index (χ0) is 23.8. The summed E-state index contributed by atoms with van der Waals surface area (Å²) in [6.45, 7) is 0.278. The fourth-order valence-electron chi connectivity index (χ4n) is 4.39. The van der Waals surface area contributed by atoms with Crippen LogP contribution in [0.4, 0.5) is 0 Å². The van der Waals surface area contributed by atoms with Crippen molar-refractivity contribution in [3.63, 3.8) is 0 Å². The Morgan fingerprint density at radius 3 is 2.65 bits per heavy atom. The summed E-state index contributed by atoms with van der Waals surface area (Å²) in [5.74, 6) is -0.687. The zero-order valence-electron chi connectivity index (χ0n) is 18.3. The molecule has 0 bridgehead atoms. The number of aliphatic hydroxyl groups excluding tert-OH is 1. The van der Waals surface area contributed by atoms with E-state index >= 15 is 0 Å². The lowest BCUT2D eigenvalue weighted by molar-refractivity contribution is -0.129. The second-order valence-electron chi connectivity index (χ2n) is 8.04. The number of phenols is 1. The van der Waals surface area contributed by atoms with Gasteiger partial charge in [0, 0.05) is 23.6 Å². The van der Waals surface area contributed by atoms with Crippen LogP contribution in [0.25, 0.3) is 10.9 Å². The van der Waals surface area contributed by atoms with Crippen LogP contribution in [0.3, 0.4) is 0 Å². The molecule has 34 heavy (non-hydrogen) atoms. The van der Waals surface area contributed by atoms with Crippen molar-refractivity contribution in [2.75, 3.05) is 13.7 Å². The molecule has 0 aliphatic carbocycles. The van der Waals surface area contributed by atoms with Crippen molar-refractivity contribution in [2.24, 2.45) is 0 Å². The summed E-state index contributed by atoms with van der Waals surface area (Å²) in [4.78, 5) is 31.6. The molecule has 0 unspecified atom stereocenters. The van der Waals surface area contributed by atoms with Gasteiger partial charge in [0.25, 0.3) is 5.91 Å². The number of nitrogens with zero attached hydrogens (tertiary/aromatic N) is 1. The molecule has 0 radical (unpaired) electrons. The first kappa shape index (κ1) is 21.8. The smallest absolute Gasteiger partial charge is 0.290 e. The second-order valence-corrected chi connectivity index (χ2v) is 8.98. The number of H-pyrrole nitrogens is 1. The van der Waals surface area contributed by atoms with Crippen LogP contribution in [-0.2, 0) is 11.2 Å². The summed E-state index contributed by atoms with van der Waals surface area (Å²) < 4.78 is 5.34. The quantitative estimate of drug-likeness (QED) is 0.335. The molecule has 4 aromatic rings. The van der Waals surface area contributed by atoms with Crippen LogP contribution < -0.4 is 4.74 Å². The molecule has 1 aliphatic heterocycles. The number of phenolic OH excluding ortho intramolecular Hbond substituents is 1. The topological polar surface area (TPSA) is 103 Å². The van der Waals surface area contributed by atoms with Crippen LogP contribution in [0.5, 0.6) is 11.5 Å². The molecule has 2 aromatic heterocycles. The minimum Gasteiger partial charge on any atom is -0.508 e. The Bertz CT molecular complexity index is 1400. The summed E-state index contributed by atoms with van der Waals surface area (Å²) in [6.07, 6.45) is 2.40. The van der Waals surface area contributed by atoms with Crippen molar-refractivity contribution < 1.29 is 24.5 Å². The van der Waals surface area contributed by atoms with Crippen molar-refractivity contribution in [1.29, 1.82) is 0 Å². The third-order valence-electron chi connectivity index (χ3n) is 6.10. The normalized spacial score (nSPS) is 16.0. The van der Waals surface area contributed by atoms with Crippen LogP contribution in [0.2, 0.25) is 0 Å². The standard InChI is InChI=1S/C26H22N2O5S/c1-33-18-8-9-20-19(13-18)16(14-27-20)10-11-28-23(15-4-6-17(29)7-5-15)22(25(31)26(28)32)24(30)21-3-2-12-34-21/h2-9,12-14,23,27,29,31H,10-11H2,1H3/t23-/m1/s1. The predicted molar refractivity (Wildman–Crippen MR) is 129 cm³/mol. The van der Waals surface area contributed by atoms with Gasteiger partial charge in [0.1, 0.15) is 11.5 Å². The van der Waals surface area contributed by atoms with E-state index in [1.807, 2.05) is 24.4 Å². The van der Waals surface area contributed by atoms with Gasteiger partial charge in [-0.05, 0) is 59.3 Å². The fourth-order valence-corrected chi connectivity index (χ4v) is 5.07. The number of ether oxygens (including phenoxy) is 1. The fraction of sp³-hybridized carbons (Fsp3) is 0.154. The summed E-state index contributed by atoms with van der Waals surface area (Å²) >= 11 is 1.26. The van der Waals surface area contributed by atoms with Gasteiger partial charge in [-0.25, -0.2) is 0 Å². The van der Waals surface area contributed by atoms with Crippen molar-refractivity contribution in [3.05, 3.63) is 93.5 Å². The van der Waals surface area contributed by atoms with Crippen LogP contribution >= 0.6 is 11.3 Å². The van der Waals surface area contributed by atoms with Crippen LogP contribution in [-0.4, -0.2) is 45.4 Å². The Balaban J connectivity index is 1.50. The maximum Gasteiger partial charge on any atom is 0.290 e. The van der Waals surface area contributed by atoms with Crippen LogP contribution in [0.15, 0.2) is 77.5 Å². The molecule has 3 N–H and O–H groups in total. The highest BCUT2D eigenvalue weighted by molar-refractivity contribution is 7.12. The molecule has 7 nitrogen and oxygen atoms in total. The number of ketones is 1. The molecule has 1 amide bonds. The number of hydrogen-bond acceptors (Lipinski definition) is 6. The number of thiophene rings is 1. The molecule has 0 spiro atoms. The number of hydrogen-bond donors (Lipinski definition) is 3. The number of fused-ring (bicyclic) bond motifs is 1. The van der Waals surface area contributed by atoms with E-state index in [0.717, 1.165) is 22.2 Å². The number of amides is 1. The van der Waals surface area contributed by atoms with Gasteiger partial charge in [0.2, 0.25) is 5.78 Å². The zero-order valence-corrected chi connectivity index (χ0v) is 19.1. The Morgan fingerprint density at radius 1 is 1.15 bits per heavy atom. The SMILES string of the molecule is COc1ccc2[nH]cc(CCN3C(=O)C(O)=C(C(=O)c4cccs4)[C@H]3c3ccc(O)cc3)c2c1. The number of nitrogens with one attached hydrogen (secondary N) is 1. The van der Waals surface area contributed by atoms with Gasteiger partial charge in [-0.1, -0.05) is 18.2 Å². The molecule has 8 heteroatoms. The highest BCUT2D eigenvalue weighted by Gasteiger charge is 2.43. The number of rotatable bonds is 7. The molecule has 5 rings (SSSR count). The number of carbonyl (C=O) groups excluding carboxylic acids is 2. The number of aromatic nitrogens is 1. The Morgan fingerprint density at radius 2 is 1.94 bits per heavy atom. The summed E-state index contributed by atoms with van der Waals surface area (Å²) in [6, 6.07) is 14.8. The average molecular weight is 475 g/mol. The summed E-state index contributed by atoms with van der Waals surface area (Å²) in [5.41, 5.74) is 2.63. The molecular formula is C26H22N2O5S. The lowest BCUT2D eigenvalue weighted by Crippen LogP contribution is -2.33. The first-order valence-electron chi connectivity index (χ1n) is 10.7. The molecule has 1 atom stereocenters. The number of aromatic amines is 1. The number of aromatic hydroxyl groups is 1. The lowest BCUT2D eigenvalue weighted by Gasteiger charge is -2.26. The molecule has 0 saturated carbocycles. The largest absolute Gasteiger partial charge is 0.508 e. The van der Waals surface area contributed by atoms with E-state index in [-0.39, 0.29) is 23.7 Å². The Labute approximate surface area is 199 Å². The predicted octanol–water partition coefficient (Wildman–Crippen LogP) is 4.76. The maximum atomic E-state index is 13.3. The van der Waals surface area contributed by atoms with Gasteiger partial charge in [0.15, 0.2) is 5.76 Å². The first-order valence-corrected chi connectivity index (χ1v) is 11.6. The molecule has 1 aliphatic rings. The highest BCUT2D eigenvalue weighted by Crippen LogP contribution is 2.40. The molecular weight excluding hydrogens is 452 g/mol. The monoisotopic (exact) mass is 474 g/mol. The molecule has 0 saturated heterocycles. The number of benzene rings is 2. The lowest BCUT2D eigenvalue weighted by atomic mass is 9.95. The number of aliphatic hydroxyl groups is 1. The maximum absolute atomic E-state index is 13.3. The minimum absolute atomic E-state index is 0.0544. The van der Waals surface area contributed by atoms with Crippen molar-refractivity contribution in [1.82, 2.24) is 9.88 Å². The van der Waals surface area contributed by atoms with Gasteiger partial charge in [0.05, 0.1) is 23.6 Å². The number of carbonyl (C=O) groups is 2. The van der Waals surface area contributed by atoms with E-state index in [1.54, 1.807) is 36.8 Å². The molecule has 0 fully saturated rings. The molecule has 2 aromatic carbocycles. The van der Waals surface area contributed by atoms with E-state index in [4.69, 9.17) is 4.74 Å².